The summed E-state index contributed by atoms with van der Waals surface area (Å²) in [5.41, 5.74) is 1.12. The normalized spacial score (nSPS) is 11.7. The summed E-state index contributed by atoms with van der Waals surface area (Å²) in [7, 11) is 1.04. The Bertz CT molecular complexity index is 961. The molecule has 0 aliphatic heterocycles. The van der Waals surface area contributed by atoms with Gasteiger partial charge >= 0.3 is 179 Å². The Labute approximate surface area is 179 Å². The minimum absolute atomic E-state index is 0.845. The van der Waals surface area contributed by atoms with E-state index in [0.29, 0.717) is 0 Å². The van der Waals surface area contributed by atoms with Crippen LogP contribution in [0.15, 0.2) is 109 Å². The predicted octanol–water partition coefficient (Wildman–Crippen LogP) is 4.93. The third kappa shape index (κ3) is 3.72. The number of hydrogen-bond donors (Lipinski definition) is 0. The van der Waals surface area contributed by atoms with Crippen LogP contribution in [0.3, 0.4) is 0 Å². The monoisotopic (exact) mass is 414 g/mol. The maximum absolute atomic E-state index is 5.78. The van der Waals surface area contributed by atoms with E-state index >= 15 is 0 Å². The maximum atomic E-state index is 5.78. The van der Waals surface area contributed by atoms with E-state index in [0.717, 1.165) is 23.2 Å². The third-order valence-corrected chi connectivity index (χ3v) is 10.6. The summed E-state index contributed by atoms with van der Waals surface area (Å²) in [6, 6.07) is 38.8. The van der Waals surface area contributed by atoms with Gasteiger partial charge in [0.2, 0.25) is 0 Å². The molecular formula is C27H27O2P. The van der Waals surface area contributed by atoms with Gasteiger partial charge in [-0.15, -0.1) is 0 Å². The summed E-state index contributed by atoms with van der Waals surface area (Å²) < 4.78 is 11.6. The second-order valence-corrected chi connectivity index (χ2v) is 11.2. The summed E-state index contributed by atoms with van der Waals surface area (Å²) in [5, 5.41) is 4.11. The number of benzene rings is 4. The number of hydrogen-bond acceptors (Lipinski definition) is 2. The Morgan fingerprint density at radius 1 is 0.500 bits per heavy atom. The standard InChI is InChI=1S/C27H27O2P/c1-28-26-19-12-20-27(29-2)25(26)21-30(22-13-6-3-7-14-22,23-15-8-4-9-16-23)24-17-10-5-11-18-24/h3-20,30H,21H2,1-2H3. The molecule has 4 aromatic carbocycles. The zero-order valence-corrected chi connectivity index (χ0v) is 18.4. The zero-order valence-electron chi connectivity index (χ0n) is 17.4. The van der Waals surface area contributed by atoms with Gasteiger partial charge in [-0.2, -0.15) is 0 Å². The van der Waals surface area contributed by atoms with Gasteiger partial charge < -0.3 is 0 Å². The molecule has 0 aliphatic rings. The first kappa shape index (κ1) is 20.2. The first-order valence-corrected chi connectivity index (χ1v) is 12.4. The Balaban J connectivity index is 2.04. The Morgan fingerprint density at radius 2 is 0.867 bits per heavy atom. The van der Waals surface area contributed by atoms with E-state index in [2.05, 4.69) is 91.0 Å². The van der Waals surface area contributed by atoms with E-state index in [4.69, 9.17) is 9.47 Å². The molecule has 30 heavy (non-hydrogen) atoms. The molecule has 0 saturated heterocycles. The topological polar surface area (TPSA) is 18.5 Å². The molecule has 0 saturated carbocycles. The predicted molar refractivity (Wildman–Crippen MR) is 130 cm³/mol. The van der Waals surface area contributed by atoms with Gasteiger partial charge in [-0.25, -0.2) is 0 Å². The van der Waals surface area contributed by atoms with Crippen molar-refractivity contribution in [3.63, 3.8) is 0 Å². The summed E-state index contributed by atoms with van der Waals surface area (Å²) >= 11 is 0. The first-order chi connectivity index (χ1) is 14.8. The Hall–Kier alpha value is -3.09. The van der Waals surface area contributed by atoms with Gasteiger partial charge in [0.15, 0.2) is 0 Å². The van der Waals surface area contributed by atoms with Crippen molar-refractivity contribution in [2.75, 3.05) is 14.2 Å². The molecule has 0 unspecified atom stereocenters. The molecule has 0 fully saturated rings. The molecule has 0 aromatic heterocycles. The van der Waals surface area contributed by atoms with E-state index in [1.54, 1.807) is 14.2 Å². The van der Waals surface area contributed by atoms with E-state index in [1.165, 1.54) is 15.9 Å². The first-order valence-electron chi connectivity index (χ1n) is 10.2. The molecule has 152 valence electrons. The number of ether oxygens (including phenoxy) is 2. The van der Waals surface area contributed by atoms with Gasteiger partial charge in [0.05, 0.1) is 0 Å². The molecule has 0 atom stereocenters. The average molecular weight is 414 g/mol. The van der Waals surface area contributed by atoms with Crippen LogP contribution in [0.1, 0.15) is 5.56 Å². The molecule has 0 amide bonds. The van der Waals surface area contributed by atoms with Crippen molar-refractivity contribution in [1.82, 2.24) is 0 Å². The van der Waals surface area contributed by atoms with Crippen molar-refractivity contribution in [2.24, 2.45) is 0 Å². The molecule has 2 nitrogen and oxygen atoms in total. The van der Waals surface area contributed by atoms with Gasteiger partial charge in [-0.1, -0.05) is 0 Å². The zero-order chi connectivity index (χ0) is 20.8. The number of rotatable bonds is 7. The van der Waals surface area contributed by atoms with Crippen LogP contribution in [-0.4, -0.2) is 14.2 Å². The van der Waals surface area contributed by atoms with Gasteiger partial charge in [0, 0.05) is 0 Å². The van der Waals surface area contributed by atoms with Crippen molar-refractivity contribution in [2.45, 2.75) is 6.16 Å². The van der Waals surface area contributed by atoms with E-state index in [9.17, 15) is 0 Å². The fourth-order valence-corrected chi connectivity index (χ4v) is 9.12. The Kier molecular flexibility index (Phi) is 6.16. The molecule has 4 aromatic rings. The van der Waals surface area contributed by atoms with Gasteiger partial charge in [-0.05, 0) is 0 Å². The average Bonchev–Trinajstić information content (AvgIpc) is 2.84. The van der Waals surface area contributed by atoms with E-state index in [-0.39, 0.29) is 0 Å². The molecule has 3 heteroatoms. The second-order valence-electron chi connectivity index (χ2n) is 7.32. The van der Waals surface area contributed by atoms with Crippen molar-refractivity contribution in [1.29, 1.82) is 0 Å². The minimum atomic E-state index is -2.42. The molecule has 0 aliphatic carbocycles. The van der Waals surface area contributed by atoms with Crippen LogP contribution in [0, 0.1) is 0 Å². The van der Waals surface area contributed by atoms with Crippen LogP contribution in [-0.2, 0) is 6.16 Å². The SMILES string of the molecule is COc1cccc(OC)c1C[PH](c1ccccc1)(c1ccccc1)c1ccccc1. The summed E-state index contributed by atoms with van der Waals surface area (Å²) in [6.07, 6.45) is 0.845. The summed E-state index contributed by atoms with van der Waals surface area (Å²) in [4.78, 5) is 0. The molecule has 4 rings (SSSR count). The van der Waals surface area contributed by atoms with Crippen molar-refractivity contribution in [3.8, 4) is 11.5 Å². The van der Waals surface area contributed by atoms with Crippen molar-refractivity contribution < 1.29 is 9.47 Å². The van der Waals surface area contributed by atoms with Crippen LogP contribution in [0.25, 0.3) is 0 Å². The molecule has 0 bridgehead atoms. The molecular weight excluding hydrogens is 387 g/mol. The Morgan fingerprint density at radius 3 is 1.20 bits per heavy atom. The molecule has 0 radical (unpaired) electrons. The van der Waals surface area contributed by atoms with E-state index in [1.807, 2.05) is 18.2 Å². The van der Waals surface area contributed by atoms with Crippen molar-refractivity contribution >= 4 is 23.2 Å². The second kappa shape index (κ2) is 9.15. The van der Waals surface area contributed by atoms with Crippen molar-refractivity contribution in [3.05, 3.63) is 115 Å². The van der Waals surface area contributed by atoms with Crippen LogP contribution < -0.4 is 25.4 Å². The van der Waals surface area contributed by atoms with Crippen LogP contribution in [0.5, 0.6) is 11.5 Å². The summed E-state index contributed by atoms with van der Waals surface area (Å²) in [6.45, 7) is 0. The number of methoxy groups -OCH3 is 2. The van der Waals surface area contributed by atoms with Gasteiger partial charge in [0.25, 0.3) is 0 Å². The van der Waals surface area contributed by atoms with Gasteiger partial charge in [-0.3, -0.25) is 0 Å². The van der Waals surface area contributed by atoms with Gasteiger partial charge in [0.1, 0.15) is 0 Å². The van der Waals surface area contributed by atoms with E-state index < -0.39 is 7.26 Å². The third-order valence-electron chi connectivity index (χ3n) is 5.77. The van der Waals surface area contributed by atoms with Crippen LogP contribution in [0.2, 0.25) is 0 Å². The molecule has 0 N–H and O–H groups in total. The van der Waals surface area contributed by atoms with Crippen LogP contribution >= 0.6 is 7.26 Å². The quantitative estimate of drug-likeness (QED) is 0.399. The summed E-state index contributed by atoms with van der Waals surface area (Å²) in [5.74, 6) is 1.74. The van der Waals surface area contributed by atoms with Crippen LogP contribution in [0.4, 0.5) is 0 Å². The fourth-order valence-electron chi connectivity index (χ4n) is 4.34. The molecule has 0 spiro atoms. The molecule has 0 heterocycles. The fraction of sp³-hybridized carbons (Fsp3) is 0.111.